The first-order chi connectivity index (χ1) is 14.0. The summed E-state index contributed by atoms with van der Waals surface area (Å²) in [7, 11) is -0.462. The van der Waals surface area contributed by atoms with Gasteiger partial charge in [0.05, 0.1) is 10.6 Å². The molecule has 3 aromatic carbocycles. The fourth-order valence-electron chi connectivity index (χ4n) is 2.92. The normalized spacial score (nSPS) is 12.2. The number of anilines is 2. The van der Waals surface area contributed by atoms with Gasteiger partial charge in [-0.05, 0) is 24.3 Å². The molecular weight excluding hydrogens is 424 g/mol. The number of halogens is 4. The van der Waals surface area contributed by atoms with Crippen LogP contribution in [0.1, 0.15) is 0 Å². The first-order valence-electron chi connectivity index (χ1n) is 8.68. The number of sulfonamides is 1. The summed E-state index contributed by atoms with van der Waals surface area (Å²) in [6, 6.07) is 14.4. The van der Waals surface area contributed by atoms with Crippen LogP contribution in [0.25, 0.3) is 10.8 Å². The van der Waals surface area contributed by atoms with Crippen molar-refractivity contribution < 1.29 is 30.7 Å². The molecule has 0 amide bonds. The Balaban J connectivity index is 1.97. The maximum Gasteiger partial charge on any atom is 0.461 e. The van der Waals surface area contributed by atoms with Crippen LogP contribution in [0.4, 0.5) is 28.9 Å². The van der Waals surface area contributed by atoms with Gasteiger partial charge >= 0.3 is 12.5 Å². The van der Waals surface area contributed by atoms with Crippen molar-refractivity contribution in [2.24, 2.45) is 0 Å². The molecule has 0 fully saturated rings. The molecule has 0 aromatic heterocycles. The van der Waals surface area contributed by atoms with Crippen LogP contribution in [0.15, 0.2) is 65.6 Å². The smallest absolute Gasteiger partial charge is 0.428 e. The van der Waals surface area contributed by atoms with E-state index in [0.29, 0.717) is 10.8 Å². The van der Waals surface area contributed by atoms with Gasteiger partial charge in [-0.15, -0.1) is 0 Å². The maximum absolute atomic E-state index is 13.1. The zero-order valence-corrected chi connectivity index (χ0v) is 16.8. The van der Waals surface area contributed by atoms with Crippen molar-refractivity contribution in [3.63, 3.8) is 0 Å². The quantitative estimate of drug-likeness (QED) is 0.527. The second-order valence-corrected chi connectivity index (χ2v) is 8.27. The third-order valence-electron chi connectivity index (χ3n) is 4.22. The molecule has 0 aliphatic carbocycles. The fraction of sp³-hybridized carbons (Fsp3) is 0.200. The fourth-order valence-corrected chi connectivity index (χ4v) is 4.20. The summed E-state index contributed by atoms with van der Waals surface area (Å²) in [5.74, 6) is -0.603. The van der Waals surface area contributed by atoms with Gasteiger partial charge in [0.1, 0.15) is 5.75 Å². The van der Waals surface area contributed by atoms with Crippen molar-refractivity contribution in [2.45, 2.75) is 17.4 Å². The number of benzene rings is 3. The number of rotatable bonds is 7. The average Bonchev–Trinajstić information content (AvgIpc) is 2.66. The Labute approximate surface area is 170 Å². The van der Waals surface area contributed by atoms with Crippen LogP contribution in [0, 0.1) is 0 Å². The van der Waals surface area contributed by atoms with E-state index in [1.54, 1.807) is 24.3 Å². The predicted molar refractivity (Wildman–Crippen MR) is 107 cm³/mol. The van der Waals surface area contributed by atoms with E-state index < -0.39 is 28.3 Å². The minimum absolute atomic E-state index is 0.0204. The highest BCUT2D eigenvalue weighted by Gasteiger charge is 2.44. The number of hydrogen-bond donors (Lipinski definition) is 1. The van der Waals surface area contributed by atoms with Gasteiger partial charge in [-0.25, -0.2) is 8.42 Å². The Hall–Kier alpha value is -3.01. The van der Waals surface area contributed by atoms with E-state index in [0.717, 1.165) is 17.8 Å². The summed E-state index contributed by atoms with van der Waals surface area (Å²) in [4.78, 5) is 1.82. The van der Waals surface area contributed by atoms with E-state index >= 15 is 0 Å². The van der Waals surface area contributed by atoms with Crippen LogP contribution in [-0.2, 0) is 10.0 Å². The van der Waals surface area contributed by atoms with Gasteiger partial charge < -0.3 is 9.64 Å². The van der Waals surface area contributed by atoms with Crippen LogP contribution < -0.4 is 14.4 Å². The molecular formula is C20H18F4N2O3S. The van der Waals surface area contributed by atoms with E-state index in [2.05, 4.69) is 9.46 Å². The molecule has 5 nitrogen and oxygen atoms in total. The molecule has 3 aromatic rings. The van der Waals surface area contributed by atoms with Gasteiger partial charge in [0.25, 0.3) is 10.0 Å². The summed E-state index contributed by atoms with van der Waals surface area (Å²) >= 11 is 0. The summed E-state index contributed by atoms with van der Waals surface area (Å²) in [5, 5.41) is 1.17. The zero-order chi connectivity index (χ0) is 22.1. The molecule has 0 aliphatic rings. The Morgan fingerprint density at radius 2 is 1.60 bits per heavy atom. The molecule has 0 aliphatic heterocycles. The first-order valence-corrected chi connectivity index (χ1v) is 10.2. The van der Waals surface area contributed by atoms with Crippen LogP contribution in [0.5, 0.6) is 5.75 Å². The van der Waals surface area contributed by atoms with E-state index in [1.807, 2.05) is 25.1 Å². The van der Waals surface area contributed by atoms with Crippen LogP contribution in [0.3, 0.4) is 0 Å². The Bertz CT molecular complexity index is 1170. The number of fused-ring (bicyclic) bond motifs is 1. The molecule has 30 heavy (non-hydrogen) atoms. The van der Waals surface area contributed by atoms with Crippen molar-refractivity contribution in [3.05, 3.63) is 60.7 Å². The van der Waals surface area contributed by atoms with Gasteiger partial charge in [-0.3, -0.25) is 4.72 Å². The lowest BCUT2D eigenvalue weighted by atomic mass is 10.1. The minimum atomic E-state index is -4.70. The SMILES string of the molecule is CN(C)c1cccc2c(S(=O)(=O)Nc3cccc(OC(F)(F)C(F)F)c3)cccc12. The number of alkyl halides is 4. The average molecular weight is 442 g/mol. The number of nitrogens with one attached hydrogen (secondary N) is 1. The van der Waals surface area contributed by atoms with E-state index in [1.165, 1.54) is 18.2 Å². The van der Waals surface area contributed by atoms with Crippen LogP contribution in [-0.4, -0.2) is 35.0 Å². The predicted octanol–water partition coefficient (Wildman–Crippen LogP) is 4.94. The standard InChI is InChI=1S/C20H18F4N2O3S/c1-26(2)17-10-4-9-16-15(17)8-5-11-18(16)30(27,28)25-13-6-3-7-14(12-13)29-20(23,24)19(21)22/h3-12,19,25H,1-2H3. The second kappa shape index (κ2) is 8.02. The van der Waals surface area contributed by atoms with E-state index in [9.17, 15) is 26.0 Å². The van der Waals surface area contributed by atoms with Gasteiger partial charge in [0.2, 0.25) is 0 Å². The molecule has 0 radical (unpaired) electrons. The van der Waals surface area contributed by atoms with Gasteiger partial charge in [-0.1, -0.05) is 30.3 Å². The van der Waals surface area contributed by atoms with Crippen LogP contribution in [0.2, 0.25) is 0 Å². The first kappa shape index (κ1) is 21.7. The second-order valence-electron chi connectivity index (χ2n) is 6.62. The molecule has 160 valence electrons. The Morgan fingerprint density at radius 3 is 2.27 bits per heavy atom. The molecule has 10 heteroatoms. The molecule has 0 spiro atoms. The van der Waals surface area contributed by atoms with E-state index in [-0.39, 0.29) is 10.6 Å². The number of ether oxygens (including phenoxy) is 1. The summed E-state index contributed by atoms with van der Waals surface area (Å²) < 4.78 is 83.2. The van der Waals surface area contributed by atoms with Crippen molar-refractivity contribution in [2.75, 3.05) is 23.7 Å². The minimum Gasteiger partial charge on any atom is -0.428 e. The van der Waals surface area contributed by atoms with Crippen molar-refractivity contribution in [3.8, 4) is 5.75 Å². The Kier molecular flexibility index (Phi) is 5.80. The lowest BCUT2D eigenvalue weighted by Gasteiger charge is -2.18. The lowest BCUT2D eigenvalue weighted by molar-refractivity contribution is -0.253. The highest BCUT2D eigenvalue weighted by atomic mass is 32.2. The summed E-state index contributed by atoms with van der Waals surface area (Å²) in [6.07, 6.45) is -8.73. The van der Waals surface area contributed by atoms with E-state index in [4.69, 9.17) is 0 Å². The molecule has 3 rings (SSSR count). The molecule has 0 saturated heterocycles. The topological polar surface area (TPSA) is 58.6 Å². The van der Waals surface area contributed by atoms with Gasteiger partial charge in [0.15, 0.2) is 0 Å². The highest BCUT2D eigenvalue weighted by molar-refractivity contribution is 7.93. The number of nitrogens with zero attached hydrogens (tertiary/aromatic N) is 1. The van der Waals surface area contributed by atoms with Crippen molar-refractivity contribution in [1.29, 1.82) is 0 Å². The molecule has 0 atom stereocenters. The van der Waals surface area contributed by atoms with Gasteiger partial charge in [0, 0.05) is 36.6 Å². The largest absolute Gasteiger partial charge is 0.461 e. The number of hydrogen-bond acceptors (Lipinski definition) is 4. The third-order valence-corrected chi connectivity index (χ3v) is 5.66. The molecule has 0 bridgehead atoms. The monoisotopic (exact) mass is 442 g/mol. The molecule has 0 unspecified atom stereocenters. The lowest BCUT2D eigenvalue weighted by Crippen LogP contribution is -2.33. The van der Waals surface area contributed by atoms with Crippen molar-refractivity contribution >= 4 is 32.2 Å². The third kappa shape index (κ3) is 4.43. The molecule has 0 heterocycles. The summed E-state index contributed by atoms with van der Waals surface area (Å²) in [5.41, 5.74) is 0.701. The molecule has 1 N–H and O–H groups in total. The maximum atomic E-state index is 13.1. The van der Waals surface area contributed by atoms with Crippen molar-refractivity contribution in [1.82, 2.24) is 0 Å². The van der Waals surface area contributed by atoms with Gasteiger partial charge in [-0.2, -0.15) is 17.6 Å². The van der Waals surface area contributed by atoms with Crippen LogP contribution >= 0.6 is 0 Å². The zero-order valence-electron chi connectivity index (χ0n) is 15.9. The highest BCUT2D eigenvalue weighted by Crippen LogP contribution is 2.32. The molecule has 0 saturated carbocycles. The Morgan fingerprint density at radius 1 is 0.967 bits per heavy atom. The summed E-state index contributed by atoms with van der Waals surface area (Å²) in [6.45, 7) is 0.